The summed E-state index contributed by atoms with van der Waals surface area (Å²) in [5.41, 5.74) is 3.79. The number of aromatic nitrogens is 3. The Balaban J connectivity index is 1.27. The van der Waals surface area contributed by atoms with Crippen LogP contribution in [-0.4, -0.2) is 33.0 Å². The lowest BCUT2D eigenvalue weighted by Crippen LogP contribution is -2.26. The number of ether oxygens (including phenoxy) is 1. The number of hydrogen-bond donors (Lipinski definition) is 2. The van der Waals surface area contributed by atoms with Gasteiger partial charge in [0.25, 0.3) is 11.8 Å². The van der Waals surface area contributed by atoms with Gasteiger partial charge < -0.3 is 15.4 Å². The molecule has 3 heterocycles. The number of pyridine rings is 1. The Kier molecular flexibility index (Phi) is 4.36. The average molecular weight is 399 g/mol. The molecule has 148 valence electrons. The first kappa shape index (κ1) is 17.9. The summed E-state index contributed by atoms with van der Waals surface area (Å²) in [7, 11) is 0. The van der Waals surface area contributed by atoms with Crippen molar-refractivity contribution < 1.29 is 14.3 Å². The van der Waals surface area contributed by atoms with Crippen LogP contribution >= 0.6 is 0 Å². The predicted molar refractivity (Wildman–Crippen MR) is 111 cm³/mol. The molecule has 2 amide bonds. The summed E-state index contributed by atoms with van der Waals surface area (Å²) in [6, 6.07) is 16.6. The van der Waals surface area contributed by atoms with Crippen molar-refractivity contribution in [1.29, 1.82) is 0 Å². The zero-order valence-corrected chi connectivity index (χ0v) is 15.8. The van der Waals surface area contributed by atoms with E-state index in [0.29, 0.717) is 23.5 Å². The second-order valence-corrected chi connectivity index (χ2v) is 6.86. The predicted octanol–water partition coefficient (Wildman–Crippen LogP) is 2.68. The molecule has 0 bridgehead atoms. The highest BCUT2D eigenvalue weighted by molar-refractivity contribution is 5.99. The van der Waals surface area contributed by atoms with Gasteiger partial charge in [-0.15, -0.1) is 0 Å². The fraction of sp³-hybridized carbons (Fsp3) is 0.0909. The van der Waals surface area contributed by atoms with E-state index in [1.807, 2.05) is 41.0 Å². The Labute approximate surface area is 171 Å². The van der Waals surface area contributed by atoms with Crippen molar-refractivity contribution in [3.05, 3.63) is 78.2 Å². The largest absolute Gasteiger partial charge is 0.482 e. The first-order valence-corrected chi connectivity index (χ1v) is 9.40. The third kappa shape index (κ3) is 3.35. The number of carbonyl (C=O) groups is 2. The van der Waals surface area contributed by atoms with E-state index in [0.717, 1.165) is 22.4 Å². The van der Waals surface area contributed by atoms with E-state index in [4.69, 9.17) is 4.74 Å². The van der Waals surface area contributed by atoms with Gasteiger partial charge in [-0.3, -0.25) is 14.2 Å². The van der Waals surface area contributed by atoms with Crippen molar-refractivity contribution >= 4 is 28.5 Å². The van der Waals surface area contributed by atoms with Crippen molar-refractivity contribution in [2.75, 3.05) is 11.9 Å². The fourth-order valence-corrected chi connectivity index (χ4v) is 3.31. The number of amides is 2. The first-order chi connectivity index (χ1) is 14.7. The molecule has 0 atom stereocenters. The third-order valence-corrected chi connectivity index (χ3v) is 4.84. The van der Waals surface area contributed by atoms with Gasteiger partial charge in [-0.1, -0.05) is 18.2 Å². The molecule has 1 aliphatic rings. The lowest BCUT2D eigenvalue weighted by atomic mass is 10.1. The van der Waals surface area contributed by atoms with Crippen LogP contribution in [0.2, 0.25) is 0 Å². The van der Waals surface area contributed by atoms with Crippen molar-refractivity contribution in [3.63, 3.8) is 0 Å². The summed E-state index contributed by atoms with van der Waals surface area (Å²) >= 11 is 0. The molecule has 0 saturated carbocycles. The molecular formula is C22H17N5O3. The SMILES string of the molecule is O=C1COc2cc(C(=O)NCc3ccc(-n4cnc5ccccc54)nc3)ccc2N1. The quantitative estimate of drug-likeness (QED) is 0.550. The van der Waals surface area contributed by atoms with Gasteiger partial charge in [-0.25, -0.2) is 9.97 Å². The van der Waals surface area contributed by atoms with E-state index in [-0.39, 0.29) is 18.4 Å². The molecule has 4 aromatic rings. The van der Waals surface area contributed by atoms with Crippen molar-refractivity contribution in [2.45, 2.75) is 6.54 Å². The summed E-state index contributed by atoms with van der Waals surface area (Å²) in [5.74, 6) is 0.802. The molecule has 2 aromatic heterocycles. The average Bonchev–Trinajstić information content (AvgIpc) is 3.21. The molecule has 0 radical (unpaired) electrons. The summed E-state index contributed by atoms with van der Waals surface area (Å²) in [4.78, 5) is 32.7. The summed E-state index contributed by atoms with van der Waals surface area (Å²) in [6.07, 6.45) is 3.48. The number of benzene rings is 2. The normalized spacial score (nSPS) is 12.7. The number of fused-ring (bicyclic) bond motifs is 2. The van der Waals surface area contributed by atoms with Crippen LogP contribution in [0.3, 0.4) is 0 Å². The maximum atomic E-state index is 12.5. The second-order valence-electron chi connectivity index (χ2n) is 6.86. The number of anilines is 1. The van der Waals surface area contributed by atoms with E-state index in [9.17, 15) is 9.59 Å². The van der Waals surface area contributed by atoms with Crippen molar-refractivity contribution in [2.24, 2.45) is 0 Å². The zero-order valence-electron chi connectivity index (χ0n) is 15.8. The van der Waals surface area contributed by atoms with Gasteiger partial charge in [0.2, 0.25) is 0 Å². The molecule has 8 nitrogen and oxygen atoms in total. The molecule has 0 fully saturated rings. The van der Waals surface area contributed by atoms with E-state index < -0.39 is 0 Å². The fourth-order valence-electron chi connectivity index (χ4n) is 3.31. The minimum Gasteiger partial charge on any atom is -0.482 e. The van der Waals surface area contributed by atoms with Crippen LogP contribution in [0.15, 0.2) is 67.1 Å². The molecule has 2 aromatic carbocycles. The van der Waals surface area contributed by atoms with Crippen LogP contribution in [-0.2, 0) is 11.3 Å². The minimum atomic E-state index is -0.233. The minimum absolute atomic E-state index is 0.0533. The zero-order chi connectivity index (χ0) is 20.5. The summed E-state index contributed by atoms with van der Waals surface area (Å²) in [6.45, 7) is 0.285. The van der Waals surface area contributed by atoms with E-state index in [1.54, 1.807) is 30.7 Å². The van der Waals surface area contributed by atoms with Crippen LogP contribution in [0.1, 0.15) is 15.9 Å². The van der Waals surface area contributed by atoms with Crippen molar-refractivity contribution in [3.8, 4) is 11.6 Å². The standard InChI is InChI=1S/C22H17N5O3/c28-21-12-30-19-9-15(6-7-17(19)26-21)22(29)24-11-14-5-8-20(23-10-14)27-13-25-16-3-1-2-4-18(16)27/h1-10,13H,11-12H2,(H,24,29)(H,26,28). The van der Waals surface area contributed by atoms with Gasteiger partial charge in [0.05, 0.1) is 16.7 Å². The first-order valence-electron chi connectivity index (χ1n) is 9.40. The number of carbonyl (C=O) groups excluding carboxylic acids is 2. The lowest BCUT2D eigenvalue weighted by Gasteiger charge is -2.18. The van der Waals surface area contributed by atoms with Gasteiger partial charge in [0, 0.05) is 18.3 Å². The molecule has 0 aliphatic carbocycles. The number of para-hydroxylation sites is 2. The molecule has 0 spiro atoms. The Bertz CT molecular complexity index is 1260. The molecule has 1 aliphatic heterocycles. The van der Waals surface area contributed by atoms with Crippen LogP contribution in [0, 0.1) is 0 Å². The maximum absolute atomic E-state index is 12.5. The number of hydrogen-bond acceptors (Lipinski definition) is 5. The van der Waals surface area contributed by atoms with Crippen LogP contribution in [0.25, 0.3) is 16.9 Å². The second kappa shape index (κ2) is 7.32. The molecule has 2 N–H and O–H groups in total. The molecule has 0 unspecified atom stereocenters. The van der Waals surface area contributed by atoms with E-state index in [2.05, 4.69) is 20.6 Å². The highest BCUT2D eigenvalue weighted by atomic mass is 16.5. The maximum Gasteiger partial charge on any atom is 0.262 e. The summed E-state index contributed by atoms with van der Waals surface area (Å²) in [5, 5.41) is 5.58. The van der Waals surface area contributed by atoms with Crippen LogP contribution in [0.5, 0.6) is 5.75 Å². The number of nitrogens with one attached hydrogen (secondary N) is 2. The van der Waals surface area contributed by atoms with Gasteiger partial charge in [-0.2, -0.15) is 0 Å². The Morgan fingerprint density at radius 1 is 1.13 bits per heavy atom. The Morgan fingerprint density at radius 2 is 2.03 bits per heavy atom. The number of rotatable bonds is 4. The highest BCUT2D eigenvalue weighted by Gasteiger charge is 2.17. The molecule has 30 heavy (non-hydrogen) atoms. The topological polar surface area (TPSA) is 98.1 Å². The van der Waals surface area contributed by atoms with Crippen molar-refractivity contribution in [1.82, 2.24) is 19.9 Å². The van der Waals surface area contributed by atoms with Crippen LogP contribution < -0.4 is 15.4 Å². The molecule has 8 heteroatoms. The smallest absolute Gasteiger partial charge is 0.262 e. The van der Waals surface area contributed by atoms with Gasteiger partial charge >= 0.3 is 0 Å². The van der Waals surface area contributed by atoms with Gasteiger partial charge in [-0.05, 0) is 42.0 Å². The summed E-state index contributed by atoms with van der Waals surface area (Å²) < 4.78 is 7.28. The van der Waals surface area contributed by atoms with E-state index >= 15 is 0 Å². The van der Waals surface area contributed by atoms with Crippen LogP contribution in [0.4, 0.5) is 5.69 Å². The molecular weight excluding hydrogens is 382 g/mol. The van der Waals surface area contributed by atoms with E-state index in [1.165, 1.54) is 0 Å². The van der Waals surface area contributed by atoms with Gasteiger partial charge in [0.15, 0.2) is 6.61 Å². The molecule has 0 saturated heterocycles. The Morgan fingerprint density at radius 3 is 2.90 bits per heavy atom. The molecule has 5 rings (SSSR count). The highest BCUT2D eigenvalue weighted by Crippen LogP contribution is 2.28. The number of nitrogens with zero attached hydrogens (tertiary/aromatic N) is 3. The number of imidazole rings is 1. The lowest BCUT2D eigenvalue weighted by molar-refractivity contribution is -0.118. The third-order valence-electron chi connectivity index (χ3n) is 4.84. The monoisotopic (exact) mass is 399 g/mol. The van der Waals surface area contributed by atoms with Gasteiger partial charge in [0.1, 0.15) is 17.9 Å². The Hall–Kier alpha value is -4.20.